The molecule has 4 heteroatoms. The molecule has 3 nitrogen and oxygen atoms in total. The summed E-state index contributed by atoms with van der Waals surface area (Å²) >= 11 is 1.73. The first kappa shape index (κ1) is 12.7. The average Bonchev–Trinajstić information content (AvgIpc) is 3.24. The van der Waals surface area contributed by atoms with Crippen LogP contribution in [0.15, 0.2) is 47.2 Å². The summed E-state index contributed by atoms with van der Waals surface area (Å²) < 4.78 is 0. The van der Waals surface area contributed by atoms with Crippen LogP contribution in [-0.2, 0) is 0 Å². The number of benzene rings is 1. The van der Waals surface area contributed by atoms with E-state index in [-0.39, 0.29) is 5.91 Å². The van der Waals surface area contributed by atoms with Crippen molar-refractivity contribution in [2.45, 2.75) is 12.3 Å². The summed E-state index contributed by atoms with van der Waals surface area (Å²) in [5.41, 5.74) is 3.09. The van der Waals surface area contributed by atoms with E-state index in [4.69, 9.17) is 0 Å². The van der Waals surface area contributed by atoms with Crippen molar-refractivity contribution < 1.29 is 4.79 Å². The van der Waals surface area contributed by atoms with Gasteiger partial charge in [-0.3, -0.25) is 4.79 Å². The fourth-order valence-corrected chi connectivity index (χ4v) is 3.83. The van der Waals surface area contributed by atoms with Gasteiger partial charge in [0.2, 0.25) is 0 Å². The van der Waals surface area contributed by atoms with E-state index in [1.807, 2.05) is 35.2 Å². The number of likely N-dealkylation sites (tertiary alicyclic amines) is 1. The van der Waals surface area contributed by atoms with E-state index in [1.165, 1.54) is 5.56 Å². The van der Waals surface area contributed by atoms with Crippen LogP contribution in [0.25, 0.3) is 10.9 Å². The zero-order chi connectivity index (χ0) is 14.2. The number of fused-ring (bicyclic) bond motifs is 1. The number of hydrogen-bond acceptors (Lipinski definition) is 2. The Morgan fingerprint density at radius 1 is 1.29 bits per heavy atom. The maximum absolute atomic E-state index is 12.6. The van der Waals surface area contributed by atoms with Gasteiger partial charge in [-0.05, 0) is 40.9 Å². The number of rotatable bonds is 2. The Balaban J connectivity index is 1.55. The lowest BCUT2D eigenvalue weighted by atomic mass is 10.0. The largest absolute Gasteiger partial charge is 0.351 e. The van der Waals surface area contributed by atoms with E-state index < -0.39 is 0 Å². The quantitative estimate of drug-likeness (QED) is 0.766. The van der Waals surface area contributed by atoms with Crippen molar-refractivity contribution in [3.63, 3.8) is 0 Å². The minimum Gasteiger partial charge on any atom is -0.351 e. The number of aromatic nitrogens is 1. The van der Waals surface area contributed by atoms with E-state index in [0.29, 0.717) is 11.6 Å². The van der Waals surface area contributed by atoms with E-state index in [2.05, 4.69) is 21.8 Å². The molecular weight excluding hydrogens is 280 g/mol. The lowest BCUT2D eigenvalue weighted by Crippen LogP contribution is -2.28. The third kappa shape index (κ3) is 2.25. The highest BCUT2D eigenvalue weighted by Crippen LogP contribution is 2.29. The van der Waals surface area contributed by atoms with Crippen molar-refractivity contribution in [3.05, 3.63) is 58.4 Å². The maximum atomic E-state index is 12.6. The number of aromatic amines is 1. The van der Waals surface area contributed by atoms with Crippen LogP contribution >= 0.6 is 11.3 Å². The lowest BCUT2D eigenvalue weighted by molar-refractivity contribution is 0.0786. The highest BCUT2D eigenvalue weighted by Gasteiger charge is 2.28. The van der Waals surface area contributed by atoms with Crippen LogP contribution in [0.4, 0.5) is 0 Å². The molecule has 3 aromatic rings. The Kier molecular flexibility index (Phi) is 3.04. The number of thiophene rings is 1. The first-order valence-electron chi connectivity index (χ1n) is 7.20. The number of hydrogen-bond donors (Lipinski definition) is 1. The Hall–Kier alpha value is -2.07. The van der Waals surface area contributed by atoms with Crippen LogP contribution in [0.1, 0.15) is 28.4 Å². The second-order valence-electron chi connectivity index (χ2n) is 5.56. The number of carbonyl (C=O) groups is 1. The van der Waals surface area contributed by atoms with Crippen LogP contribution in [-0.4, -0.2) is 28.9 Å². The number of H-pyrrole nitrogens is 1. The molecule has 0 bridgehead atoms. The van der Waals surface area contributed by atoms with Crippen LogP contribution in [0.2, 0.25) is 0 Å². The van der Waals surface area contributed by atoms with E-state index in [1.54, 1.807) is 11.3 Å². The van der Waals surface area contributed by atoms with Crippen molar-refractivity contribution in [3.8, 4) is 0 Å². The summed E-state index contributed by atoms with van der Waals surface area (Å²) in [7, 11) is 0. The van der Waals surface area contributed by atoms with Gasteiger partial charge < -0.3 is 9.88 Å². The molecule has 1 N–H and O–H groups in total. The second kappa shape index (κ2) is 5.04. The predicted octanol–water partition coefficient (Wildman–Crippen LogP) is 3.86. The molecule has 1 aliphatic rings. The van der Waals surface area contributed by atoms with Crippen LogP contribution in [0.5, 0.6) is 0 Å². The number of amides is 1. The molecule has 1 atom stereocenters. The standard InChI is InChI=1S/C17H16N2OS/c20-17(16-9-12-3-1-2-4-15(12)18-16)19-7-5-13(10-19)14-6-8-21-11-14/h1-4,6,8-9,11,13,18H,5,7,10H2. The van der Waals surface area contributed by atoms with Gasteiger partial charge in [-0.2, -0.15) is 11.3 Å². The van der Waals surface area contributed by atoms with Gasteiger partial charge in [-0.15, -0.1) is 0 Å². The lowest BCUT2D eigenvalue weighted by Gasteiger charge is -2.15. The maximum Gasteiger partial charge on any atom is 0.270 e. The molecule has 1 unspecified atom stereocenters. The van der Waals surface area contributed by atoms with Crippen molar-refractivity contribution in [1.82, 2.24) is 9.88 Å². The average molecular weight is 296 g/mol. The molecule has 0 saturated carbocycles. The summed E-state index contributed by atoms with van der Waals surface area (Å²) in [5, 5.41) is 5.40. The van der Waals surface area contributed by atoms with Gasteiger partial charge in [0.05, 0.1) is 0 Å². The molecule has 4 rings (SSSR count). The molecule has 0 aliphatic carbocycles. The fraction of sp³-hybridized carbons (Fsp3) is 0.235. The van der Waals surface area contributed by atoms with Gasteiger partial charge in [0, 0.05) is 29.9 Å². The highest BCUT2D eigenvalue weighted by molar-refractivity contribution is 7.08. The van der Waals surface area contributed by atoms with Crippen molar-refractivity contribution in [2.75, 3.05) is 13.1 Å². The van der Waals surface area contributed by atoms with Gasteiger partial charge in [-0.1, -0.05) is 18.2 Å². The van der Waals surface area contributed by atoms with Crippen LogP contribution in [0, 0.1) is 0 Å². The first-order chi connectivity index (χ1) is 10.3. The Morgan fingerprint density at radius 2 is 2.19 bits per heavy atom. The number of carbonyl (C=O) groups excluding carboxylic acids is 1. The summed E-state index contributed by atoms with van der Waals surface area (Å²) in [4.78, 5) is 17.8. The van der Waals surface area contributed by atoms with E-state index in [9.17, 15) is 4.79 Å². The van der Waals surface area contributed by atoms with Gasteiger partial charge >= 0.3 is 0 Å². The molecule has 0 radical (unpaired) electrons. The van der Waals surface area contributed by atoms with Crippen LogP contribution < -0.4 is 0 Å². The minimum atomic E-state index is 0.115. The molecule has 3 heterocycles. The zero-order valence-corrected chi connectivity index (χ0v) is 12.4. The van der Waals surface area contributed by atoms with Gasteiger partial charge in [0.15, 0.2) is 0 Å². The molecular formula is C17H16N2OS. The molecule has 1 saturated heterocycles. The van der Waals surface area contributed by atoms with Crippen molar-refractivity contribution in [2.24, 2.45) is 0 Å². The fourth-order valence-electron chi connectivity index (χ4n) is 3.08. The van der Waals surface area contributed by atoms with Gasteiger partial charge in [-0.25, -0.2) is 0 Å². The molecule has 0 spiro atoms. The third-order valence-corrected chi connectivity index (χ3v) is 4.95. The molecule has 1 fully saturated rings. The first-order valence-corrected chi connectivity index (χ1v) is 8.14. The monoisotopic (exact) mass is 296 g/mol. The summed E-state index contributed by atoms with van der Waals surface area (Å²) in [6, 6.07) is 12.1. The number of nitrogens with one attached hydrogen (secondary N) is 1. The topological polar surface area (TPSA) is 36.1 Å². The predicted molar refractivity (Wildman–Crippen MR) is 85.9 cm³/mol. The number of nitrogens with zero attached hydrogens (tertiary/aromatic N) is 1. The zero-order valence-electron chi connectivity index (χ0n) is 11.6. The minimum absolute atomic E-state index is 0.115. The second-order valence-corrected chi connectivity index (χ2v) is 6.34. The number of para-hydroxylation sites is 1. The normalized spacial score (nSPS) is 18.5. The SMILES string of the molecule is O=C(c1cc2ccccc2[nH]1)N1CCC(c2ccsc2)C1. The van der Waals surface area contributed by atoms with E-state index in [0.717, 1.165) is 30.4 Å². The Bertz CT molecular complexity index is 742. The molecule has 2 aromatic heterocycles. The summed E-state index contributed by atoms with van der Waals surface area (Å²) in [6.45, 7) is 1.67. The molecule has 106 valence electrons. The Labute approximate surface area is 127 Å². The van der Waals surface area contributed by atoms with Gasteiger partial charge in [0.25, 0.3) is 5.91 Å². The van der Waals surface area contributed by atoms with Crippen LogP contribution in [0.3, 0.4) is 0 Å². The van der Waals surface area contributed by atoms with E-state index >= 15 is 0 Å². The summed E-state index contributed by atoms with van der Waals surface area (Å²) in [5.74, 6) is 0.605. The third-order valence-electron chi connectivity index (χ3n) is 4.25. The molecule has 1 aromatic carbocycles. The molecule has 1 amide bonds. The highest BCUT2D eigenvalue weighted by atomic mass is 32.1. The van der Waals surface area contributed by atoms with Crippen molar-refractivity contribution in [1.29, 1.82) is 0 Å². The molecule has 21 heavy (non-hydrogen) atoms. The smallest absolute Gasteiger partial charge is 0.270 e. The molecule has 1 aliphatic heterocycles. The summed E-state index contributed by atoms with van der Waals surface area (Å²) in [6.07, 6.45) is 1.06. The van der Waals surface area contributed by atoms with Crippen molar-refractivity contribution >= 4 is 28.1 Å². The Morgan fingerprint density at radius 3 is 3.00 bits per heavy atom. The van der Waals surface area contributed by atoms with Gasteiger partial charge in [0.1, 0.15) is 5.69 Å².